The number of fused-ring (bicyclic) bond motifs is 1. The number of hydrogen-bond donors (Lipinski definition) is 0. The highest BCUT2D eigenvalue weighted by Gasteiger charge is 2.60. The van der Waals surface area contributed by atoms with Gasteiger partial charge in [0.2, 0.25) is 0 Å². The average Bonchev–Trinajstić information content (AvgIpc) is 2.58. The summed E-state index contributed by atoms with van der Waals surface area (Å²) in [6.45, 7) is 1.29. The van der Waals surface area contributed by atoms with Crippen LogP contribution in [0.25, 0.3) is 5.65 Å². The summed E-state index contributed by atoms with van der Waals surface area (Å²) in [5.41, 5.74) is -1.57. The van der Waals surface area contributed by atoms with Crippen molar-refractivity contribution < 1.29 is 22.0 Å². The normalized spacial score (nSPS) is 13.3. The SMILES string of the molecule is Cc1cc(C(F)(F)C(F)(F)F)n2ncc(Cl)c2n1. The van der Waals surface area contributed by atoms with E-state index in [1.54, 1.807) is 0 Å². The van der Waals surface area contributed by atoms with Crippen molar-refractivity contribution >= 4 is 17.2 Å². The number of aromatic nitrogens is 3. The van der Waals surface area contributed by atoms with Gasteiger partial charge in [-0.25, -0.2) is 9.50 Å². The molecular weight excluding hydrogens is 281 g/mol. The molecule has 18 heavy (non-hydrogen) atoms. The van der Waals surface area contributed by atoms with E-state index < -0.39 is 17.8 Å². The van der Waals surface area contributed by atoms with E-state index in [1.807, 2.05) is 0 Å². The van der Waals surface area contributed by atoms with Crippen LogP contribution in [0.15, 0.2) is 12.3 Å². The Morgan fingerprint density at radius 1 is 1.22 bits per heavy atom. The zero-order chi connectivity index (χ0) is 13.7. The zero-order valence-electron chi connectivity index (χ0n) is 8.76. The Hall–Kier alpha value is -1.44. The van der Waals surface area contributed by atoms with Crippen LogP contribution in [-0.4, -0.2) is 20.8 Å². The molecule has 0 unspecified atom stereocenters. The molecule has 9 heteroatoms. The lowest BCUT2D eigenvalue weighted by atomic mass is 10.2. The number of nitrogens with zero attached hydrogens (tertiary/aromatic N) is 3. The first kappa shape index (κ1) is 13.0. The maximum Gasteiger partial charge on any atom is 0.459 e. The number of rotatable bonds is 1. The molecule has 0 aliphatic carbocycles. The fraction of sp³-hybridized carbons (Fsp3) is 0.333. The molecule has 0 fully saturated rings. The molecular formula is C9H5ClF5N3. The molecule has 0 radical (unpaired) electrons. The molecule has 0 saturated heterocycles. The smallest absolute Gasteiger partial charge is 0.232 e. The van der Waals surface area contributed by atoms with E-state index in [9.17, 15) is 22.0 Å². The number of hydrogen-bond acceptors (Lipinski definition) is 2. The lowest BCUT2D eigenvalue weighted by molar-refractivity contribution is -0.291. The molecule has 0 spiro atoms. The highest BCUT2D eigenvalue weighted by molar-refractivity contribution is 6.33. The molecule has 0 bridgehead atoms. The Kier molecular flexibility index (Phi) is 2.73. The molecule has 2 aromatic rings. The maximum absolute atomic E-state index is 13.3. The van der Waals surface area contributed by atoms with Gasteiger partial charge in [-0.3, -0.25) is 0 Å². The third-order valence-corrected chi connectivity index (χ3v) is 2.50. The van der Waals surface area contributed by atoms with Gasteiger partial charge in [0, 0.05) is 5.69 Å². The highest BCUT2D eigenvalue weighted by Crippen LogP contribution is 2.44. The predicted octanol–water partition coefficient (Wildman–Crippen LogP) is 3.35. The van der Waals surface area contributed by atoms with Crippen molar-refractivity contribution in [3.8, 4) is 0 Å². The third kappa shape index (κ3) is 1.80. The van der Waals surface area contributed by atoms with Crippen LogP contribution in [0.1, 0.15) is 11.4 Å². The number of halogens is 6. The Morgan fingerprint density at radius 2 is 1.83 bits per heavy atom. The zero-order valence-corrected chi connectivity index (χ0v) is 9.52. The van der Waals surface area contributed by atoms with Gasteiger partial charge in [0.15, 0.2) is 5.65 Å². The maximum atomic E-state index is 13.3. The van der Waals surface area contributed by atoms with E-state index in [0.717, 1.165) is 6.20 Å². The van der Waals surface area contributed by atoms with Crippen LogP contribution in [0.3, 0.4) is 0 Å². The summed E-state index contributed by atoms with van der Waals surface area (Å²) >= 11 is 5.61. The summed E-state index contributed by atoms with van der Waals surface area (Å²) in [7, 11) is 0. The Bertz CT molecular complexity index is 604. The van der Waals surface area contributed by atoms with Gasteiger partial charge in [0.25, 0.3) is 0 Å². The summed E-state index contributed by atoms with van der Waals surface area (Å²) in [5, 5.41) is 3.28. The second kappa shape index (κ2) is 3.78. The summed E-state index contributed by atoms with van der Waals surface area (Å²) in [6, 6.07) is 0.629. The second-order valence-electron chi connectivity index (χ2n) is 3.58. The second-order valence-corrected chi connectivity index (χ2v) is 3.99. The van der Waals surface area contributed by atoms with E-state index in [0.29, 0.717) is 10.6 Å². The van der Waals surface area contributed by atoms with E-state index in [-0.39, 0.29) is 16.4 Å². The van der Waals surface area contributed by atoms with Crippen LogP contribution in [-0.2, 0) is 5.92 Å². The number of aryl methyl sites for hydroxylation is 1. The molecule has 0 N–H and O–H groups in total. The lowest BCUT2D eigenvalue weighted by Crippen LogP contribution is -2.35. The van der Waals surface area contributed by atoms with Crippen molar-refractivity contribution in [2.24, 2.45) is 0 Å². The van der Waals surface area contributed by atoms with Gasteiger partial charge >= 0.3 is 12.1 Å². The largest absolute Gasteiger partial charge is 0.459 e. The molecule has 0 aliphatic rings. The quantitative estimate of drug-likeness (QED) is 0.752. The summed E-state index contributed by atoms with van der Waals surface area (Å²) in [5.74, 6) is -5.03. The fourth-order valence-corrected chi connectivity index (χ4v) is 1.59. The topological polar surface area (TPSA) is 30.2 Å². The average molecular weight is 286 g/mol. The first-order valence-corrected chi connectivity index (χ1v) is 4.98. The van der Waals surface area contributed by atoms with Crippen LogP contribution >= 0.6 is 11.6 Å². The molecule has 2 aromatic heterocycles. The van der Waals surface area contributed by atoms with Crippen LogP contribution in [0.2, 0.25) is 5.02 Å². The van der Waals surface area contributed by atoms with Crippen LogP contribution in [0.4, 0.5) is 22.0 Å². The van der Waals surface area contributed by atoms with Crippen molar-refractivity contribution in [3.05, 3.63) is 28.7 Å². The van der Waals surface area contributed by atoms with E-state index in [1.165, 1.54) is 6.92 Å². The number of alkyl halides is 5. The molecule has 3 nitrogen and oxygen atoms in total. The first-order valence-electron chi connectivity index (χ1n) is 4.60. The molecule has 98 valence electrons. The minimum Gasteiger partial charge on any atom is -0.232 e. The van der Waals surface area contributed by atoms with Gasteiger partial charge in [-0.15, -0.1) is 0 Å². The van der Waals surface area contributed by atoms with Crippen molar-refractivity contribution in [3.63, 3.8) is 0 Å². The van der Waals surface area contributed by atoms with E-state index in [4.69, 9.17) is 11.6 Å². The fourth-order valence-electron chi connectivity index (χ4n) is 1.43. The molecule has 0 aromatic carbocycles. The van der Waals surface area contributed by atoms with Crippen molar-refractivity contribution in [1.82, 2.24) is 14.6 Å². The molecule has 2 rings (SSSR count). The third-order valence-electron chi connectivity index (χ3n) is 2.23. The molecule has 0 amide bonds. The van der Waals surface area contributed by atoms with Crippen molar-refractivity contribution in [2.75, 3.05) is 0 Å². The highest BCUT2D eigenvalue weighted by atomic mass is 35.5. The van der Waals surface area contributed by atoms with Gasteiger partial charge in [0.1, 0.15) is 10.7 Å². The molecule has 2 heterocycles. The van der Waals surface area contributed by atoms with Crippen LogP contribution in [0, 0.1) is 6.92 Å². The van der Waals surface area contributed by atoms with E-state index in [2.05, 4.69) is 10.1 Å². The van der Waals surface area contributed by atoms with Crippen LogP contribution < -0.4 is 0 Å². The molecule has 0 aliphatic heterocycles. The van der Waals surface area contributed by atoms with Crippen LogP contribution in [0.5, 0.6) is 0 Å². The van der Waals surface area contributed by atoms with Gasteiger partial charge in [-0.05, 0) is 13.0 Å². The Labute approximate surface area is 102 Å². The Balaban J connectivity index is 2.79. The summed E-state index contributed by atoms with van der Waals surface area (Å²) in [6.07, 6.45) is -4.76. The van der Waals surface area contributed by atoms with Gasteiger partial charge in [-0.2, -0.15) is 27.1 Å². The standard InChI is InChI=1S/C9H5ClF5N3/c1-4-2-6(8(11,12)9(13,14)15)18-7(17-4)5(10)3-16-18/h2-3H,1H3. The minimum atomic E-state index is -5.72. The van der Waals surface area contributed by atoms with Gasteiger partial charge < -0.3 is 0 Å². The molecule has 0 saturated carbocycles. The summed E-state index contributed by atoms with van der Waals surface area (Å²) in [4.78, 5) is 3.76. The Morgan fingerprint density at radius 3 is 2.39 bits per heavy atom. The van der Waals surface area contributed by atoms with Gasteiger partial charge in [-0.1, -0.05) is 11.6 Å². The molecule has 0 atom stereocenters. The summed E-state index contributed by atoms with van der Waals surface area (Å²) < 4.78 is 64.1. The van der Waals surface area contributed by atoms with Crippen molar-refractivity contribution in [2.45, 2.75) is 19.0 Å². The lowest BCUT2D eigenvalue weighted by Gasteiger charge is -2.20. The van der Waals surface area contributed by atoms with E-state index >= 15 is 0 Å². The van der Waals surface area contributed by atoms with Gasteiger partial charge in [0.05, 0.1) is 6.20 Å². The predicted molar refractivity (Wildman–Crippen MR) is 52.7 cm³/mol. The first-order chi connectivity index (χ1) is 8.14. The monoisotopic (exact) mass is 285 g/mol. The van der Waals surface area contributed by atoms with Crippen molar-refractivity contribution in [1.29, 1.82) is 0 Å². The minimum absolute atomic E-state index is 0.0103.